The molecule has 0 saturated heterocycles. The molecule has 49 heavy (non-hydrogen) atoms. The summed E-state index contributed by atoms with van der Waals surface area (Å²) in [7, 11) is 1.81. The van der Waals surface area contributed by atoms with Crippen LogP contribution in [0.5, 0.6) is 0 Å². The Balaban J connectivity index is 0.000000179. The number of thiophene rings is 1. The molecule has 6 nitrogen and oxygen atoms in total. The first-order valence-corrected chi connectivity index (χ1v) is 17.6. The number of benzene rings is 3. The van der Waals surface area contributed by atoms with Crippen molar-refractivity contribution in [3.63, 3.8) is 0 Å². The van der Waals surface area contributed by atoms with Crippen LogP contribution in [0.4, 0.5) is 0 Å². The fraction of sp³-hybridized carbons (Fsp3) is 0.357. The molecular weight excluding hydrogens is 627 g/mol. The number of nitrogens with zero attached hydrogens (tertiary/aromatic N) is 3. The second-order valence-electron chi connectivity index (χ2n) is 13.3. The Labute approximate surface area is 295 Å². The molecular formula is C42H53N3O3S. The summed E-state index contributed by atoms with van der Waals surface area (Å²) < 4.78 is 12.0. The van der Waals surface area contributed by atoms with Gasteiger partial charge in [0.15, 0.2) is 11.2 Å². The third-order valence-electron chi connectivity index (χ3n) is 8.01. The minimum Gasteiger partial charge on any atom is -0.356 e. The van der Waals surface area contributed by atoms with Gasteiger partial charge in [-0.15, -0.1) is 11.3 Å². The number of rotatable bonds is 4. The van der Waals surface area contributed by atoms with Crippen LogP contribution in [0.15, 0.2) is 104 Å². The van der Waals surface area contributed by atoms with E-state index in [1.165, 1.54) is 16.0 Å². The lowest BCUT2D eigenvalue weighted by atomic mass is 9.99. The summed E-state index contributed by atoms with van der Waals surface area (Å²) in [6, 6.07) is 26.2. The van der Waals surface area contributed by atoms with Crippen LogP contribution in [-0.2, 0) is 7.05 Å². The van der Waals surface area contributed by atoms with Crippen LogP contribution in [0.1, 0.15) is 114 Å². The van der Waals surface area contributed by atoms with Crippen molar-refractivity contribution >= 4 is 44.0 Å². The van der Waals surface area contributed by atoms with Gasteiger partial charge in [0.05, 0.1) is 11.4 Å². The highest BCUT2D eigenvalue weighted by Crippen LogP contribution is 2.26. The summed E-state index contributed by atoms with van der Waals surface area (Å²) in [5.74, 6) is 1.98. The monoisotopic (exact) mass is 679 g/mol. The zero-order valence-corrected chi connectivity index (χ0v) is 30.8. The van der Waals surface area contributed by atoms with Gasteiger partial charge in [-0.2, -0.15) is 0 Å². The lowest BCUT2D eigenvalue weighted by Crippen LogP contribution is -2.17. The van der Waals surface area contributed by atoms with Crippen molar-refractivity contribution in [3.8, 4) is 0 Å². The van der Waals surface area contributed by atoms with Crippen LogP contribution >= 0.6 is 11.3 Å². The van der Waals surface area contributed by atoms with E-state index in [1.54, 1.807) is 11.6 Å². The van der Waals surface area contributed by atoms with Gasteiger partial charge < -0.3 is 13.6 Å². The van der Waals surface area contributed by atoms with Crippen LogP contribution in [0.2, 0.25) is 0 Å². The van der Waals surface area contributed by atoms with Crippen molar-refractivity contribution in [2.24, 2.45) is 7.05 Å². The molecule has 0 aliphatic heterocycles. The molecule has 4 aromatic heterocycles. The number of fused-ring (bicyclic) bond motifs is 3. The smallest absolute Gasteiger partial charge is 0.258 e. The molecule has 0 amide bonds. The minimum absolute atomic E-state index is 0. The van der Waals surface area contributed by atoms with Crippen LogP contribution in [0, 0.1) is 6.92 Å². The molecule has 7 aromatic rings. The molecule has 0 bridgehead atoms. The summed E-state index contributed by atoms with van der Waals surface area (Å²) in [4.78, 5) is 13.3. The maximum atomic E-state index is 11.9. The predicted octanol–water partition coefficient (Wildman–Crippen LogP) is 12.4. The summed E-state index contributed by atoms with van der Waals surface area (Å²) in [5, 5.41) is 14.4. The molecule has 0 N–H and O–H groups in total. The Kier molecular flexibility index (Phi) is 14.1. The van der Waals surface area contributed by atoms with E-state index >= 15 is 0 Å². The molecule has 3 aromatic carbocycles. The van der Waals surface area contributed by atoms with Crippen molar-refractivity contribution in [3.05, 3.63) is 128 Å². The first-order valence-electron chi connectivity index (χ1n) is 16.7. The Morgan fingerprint density at radius 1 is 0.633 bits per heavy atom. The first kappa shape index (κ1) is 39.0. The van der Waals surface area contributed by atoms with Crippen molar-refractivity contribution < 1.29 is 9.05 Å². The van der Waals surface area contributed by atoms with Gasteiger partial charge in [-0.05, 0) is 83.3 Å². The molecule has 0 aliphatic carbocycles. The topological polar surface area (TPSA) is 74.1 Å². The second-order valence-corrected chi connectivity index (χ2v) is 14.3. The van der Waals surface area contributed by atoms with E-state index in [-0.39, 0.29) is 13.0 Å². The van der Waals surface area contributed by atoms with Gasteiger partial charge in [0, 0.05) is 34.3 Å². The zero-order valence-electron chi connectivity index (χ0n) is 29.9. The number of hydrogen-bond donors (Lipinski definition) is 0. The normalized spacial score (nSPS) is 10.9. The lowest BCUT2D eigenvalue weighted by molar-refractivity contribution is 0.441. The van der Waals surface area contributed by atoms with Gasteiger partial charge in [-0.3, -0.25) is 4.79 Å². The molecule has 0 radical (unpaired) electrons. The summed E-state index contributed by atoms with van der Waals surface area (Å²) in [5.41, 5.74) is 6.42. The summed E-state index contributed by atoms with van der Waals surface area (Å²) in [6.45, 7) is 19.3. The first-order chi connectivity index (χ1) is 22.9. The second kappa shape index (κ2) is 17.8. The summed E-state index contributed by atoms with van der Waals surface area (Å²) >= 11 is 1.83. The van der Waals surface area contributed by atoms with Crippen molar-refractivity contribution in [2.45, 2.75) is 93.4 Å². The van der Waals surface area contributed by atoms with E-state index in [9.17, 15) is 4.79 Å². The van der Waals surface area contributed by atoms with Crippen LogP contribution in [0.3, 0.4) is 0 Å². The highest BCUT2D eigenvalue weighted by atomic mass is 32.1. The summed E-state index contributed by atoms with van der Waals surface area (Å²) in [6.07, 6.45) is 1.94. The van der Waals surface area contributed by atoms with Crippen molar-refractivity contribution in [2.75, 3.05) is 0 Å². The fourth-order valence-corrected chi connectivity index (χ4v) is 6.08. The minimum atomic E-state index is 0. The number of aromatic nitrogens is 3. The molecule has 0 saturated carbocycles. The van der Waals surface area contributed by atoms with E-state index in [1.807, 2.05) is 78.2 Å². The number of hydrogen-bond acceptors (Lipinski definition) is 6. The molecule has 0 atom stereocenters. The highest BCUT2D eigenvalue weighted by molar-refractivity contribution is 7.10. The van der Waals surface area contributed by atoms with Gasteiger partial charge in [-0.25, -0.2) is 0 Å². The largest absolute Gasteiger partial charge is 0.356 e. The third-order valence-corrected chi connectivity index (χ3v) is 9.18. The highest BCUT2D eigenvalue weighted by Gasteiger charge is 2.12. The molecule has 0 aliphatic rings. The van der Waals surface area contributed by atoms with Gasteiger partial charge in [-0.1, -0.05) is 121 Å². The Morgan fingerprint density at radius 3 is 1.71 bits per heavy atom. The Morgan fingerprint density at radius 2 is 1.18 bits per heavy atom. The lowest BCUT2D eigenvalue weighted by Gasteiger charge is -2.11. The average molecular weight is 680 g/mol. The van der Waals surface area contributed by atoms with E-state index in [2.05, 4.69) is 96.2 Å². The molecule has 0 fully saturated rings. The maximum absolute atomic E-state index is 11.9. The van der Waals surface area contributed by atoms with E-state index in [4.69, 9.17) is 9.05 Å². The molecule has 260 valence electrons. The standard InChI is InChI=1S/C13H15NO.C11H13NO.C10H11NO.C7H10S.CH4/c1-9(2)12-8-14(3)13(15)11-7-5-4-6-10(11)12;1-7(2)11-9-6-8(3)4-5-10(9)13-12-11;1-7(2)10-8-5-3-4-6-9(8)12-11-10;1-6(2)7-4-3-5-8-7;/h4-9H,1-3H3;4-7H,1-3H3;3-7H,1-2H3;3-6H,1-2H3;1H4. The number of aryl methyl sites for hydroxylation is 2. The molecule has 0 unspecified atom stereocenters. The van der Waals surface area contributed by atoms with Crippen LogP contribution in [-0.4, -0.2) is 14.9 Å². The molecule has 4 heterocycles. The van der Waals surface area contributed by atoms with Gasteiger partial charge in [0.25, 0.3) is 5.56 Å². The van der Waals surface area contributed by atoms with Gasteiger partial charge >= 0.3 is 0 Å². The quantitative estimate of drug-likeness (QED) is 0.185. The average Bonchev–Trinajstić information content (AvgIpc) is 3.84. The predicted molar refractivity (Wildman–Crippen MR) is 209 cm³/mol. The van der Waals surface area contributed by atoms with Gasteiger partial charge in [0.2, 0.25) is 0 Å². The Bertz CT molecular complexity index is 2100. The number of pyridine rings is 1. The Hall–Kier alpha value is -4.49. The van der Waals surface area contributed by atoms with Crippen molar-refractivity contribution in [1.29, 1.82) is 0 Å². The maximum Gasteiger partial charge on any atom is 0.258 e. The fourth-order valence-electron chi connectivity index (χ4n) is 5.34. The van der Waals surface area contributed by atoms with Crippen molar-refractivity contribution in [1.82, 2.24) is 14.9 Å². The SMILES string of the molecule is C.CC(C)c1cccs1.CC(C)c1cn(C)c(=O)c2ccccc12.CC(C)c1noc2ccccc12.Cc1ccc2onc(C(C)C)c2c1. The van der Waals surface area contributed by atoms with Crippen LogP contribution < -0.4 is 5.56 Å². The molecule has 7 rings (SSSR count). The van der Waals surface area contributed by atoms with E-state index in [0.717, 1.165) is 44.1 Å². The molecule has 7 heteroatoms. The van der Waals surface area contributed by atoms with Gasteiger partial charge in [0.1, 0.15) is 0 Å². The van der Waals surface area contributed by atoms with Crippen LogP contribution in [0.25, 0.3) is 32.7 Å². The number of para-hydroxylation sites is 1. The van der Waals surface area contributed by atoms with E-state index < -0.39 is 0 Å². The zero-order chi connectivity index (χ0) is 35.0. The van der Waals surface area contributed by atoms with E-state index in [0.29, 0.717) is 23.7 Å². The molecule has 0 spiro atoms. The third kappa shape index (κ3) is 9.79.